The summed E-state index contributed by atoms with van der Waals surface area (Å²) in [5.74, 6) is 0. The molecule has 0 aliphatic carbocycles. The maximum Gasteiger partial charge on any atom is 0.0366 e. The summed E-state index contributed by atoms with van der Waals surface area (Å²) in [6.45, 7) is 8.13. The van der Waals surface area contributed by atoms with Crippen molar-refractivity contribution in [2.45, 2.75) is 26.3 Å². The zero-order valence-electron chi connectivity index (χ0n) is 7.45. The summed E-state index contributed by atoms with van der Waals surface area (Å²) in [5.41, 5.74) is 0. The molecule has 1 rings (SSSR count). The molecule has 1 heterocycles. The minimum Gasteiger partial charge on any atom is -0.314 e. The molecule has 0 saturated carbocycles. The first-order chi connectivity index (χ1) is 5.20. The van der Waals surface area contributed by atoms with Gasteiger partial charge in [-0.05, 0) is 26.8 Å². The molecule has 0 aromatic rings. The van der Waals surface area contributed by atoms with Gasteiger partial charge in [-0.2, -0.15) is 5.06 Å². The van der Waals surface area contributed by atoms with E-state index in [-0.39, 0.29) is 0 Å². The third kappa shape index (κ3) is 2.77. The van der Waals surface area contributed by atoms with E-state index in [1.807, 2.05) is 0 Å². The standard InChI is InChI=1S/C8H18N2O/c1-8(2)9-4-3-5-10(11)7-6-9/h8,11H,3-7H2,1-2H3. The Balaban J connectivity index is 2.34. The normalized spacial score (nSPS) is 24.0. The topological polar surface area (TPSA) is 26.7 Å². The summed E-state index contributed by atoms with van der Waals surface area (Å²) in [4.78, 5) is 2.40. The summed E-state index contributed by atoms with van der Waals surface area (Å²) in [6, 6.07) is 0.612. The van der Waals surface area contributed by atoms with Crippen LogP contribution in [0.1, 0.15) is 20.3 Å². The lowest BCUT2D eigenvalue weighted by Gasteiger charge is -2.23. The number of hydrogen-bond acceptors (Lipinski definition) is 3. The number of hydrogen-bond donors (Lipinski definition) is 1. The van der Waals surface area contributed by atoms with Crippen LogP contribution in [0.2, 0.25) is 0 Å². The summed E-state index contributed by atoms with van der Waals surface area (Å²) >= 11 is 0. The summed E-state index contributed by atoms with van der Waals surface area (Å²) in [7, 11) is 0. The van der Waals surface area contributed by atoms with E-state index in [1.165, 1.54) is 5.06 Å². The molecule has 3 heteroatoms. The van der Waals surface area contributed by atoms with E-state index in [0.717, 1.165) is 32.6 Å². The highest BCUT2D eigenvalue weighted by atomic mass is 16.5. The van der Waals surface area contributed by atoms with E-state index < -0.39 is 0 Å². The number of rotatable bonds is 1. The van der Waals surface area contributed by atoms with Crippen LogP contribution in [0.5, 0.6) is 0 Å². The quantitative estimate of drug-likeness (QED) is 0.611. The van der Waals surface area contributed by atoms with Gasteiger partial charge in [0.15, 0.2) is 0 Å². The van der Waals surface area contributed by atoms with Gasteiger partial charge in [-0.25, -0.2) is 0 Å². The van der Waals surface area contributed by atoms with Crippen molar-refractivity contribution in [3.05, 3.63) is 0 Å². The van der Waals surface area contributed by atoms with Gasteiger partial charge in [-0.3, -0.25) is 4.90 Å². The van der Waals surface area contributed by atoms with Crippen LogP contribution in [0.3, 0.4) is 0 Å². The highest BCUT2D eigenvalue weighted by molar-refractivity contribution is 4.67. The Kier molecular flexibility index (Phi) is 3.30. The van der Waals surface area contributed by atoms with Crippen LogP contribution in [0.15, 0.2) is 0 Å². The molecule has 0 amide bonds. The van der Waals surface area contributed by atoms with Crippen molar-refractivity contribution in [3.63, 3.8) is 0 Å². The minimum absolute atomic E-state index is 0.612. The maximum atomic E-state index is 9.20. The zero-order valence-corrected chi connectivity index (χ0v) is 7.45. The van der Waals surface area contributed by atoms with E-state index in [0.29, 0.717) is 6.04 Å². The monoisotopic (exact) mass is 158 g/mol. The minimum atomic E-state index is 0.612. The lowest BCUT2D eigenvalue weighted by molar-refractivity contribution is -0.0866. The highest BCUT2D eigenvalue weighted by Crippen LogP contribution is 2.04. The molecule has 0 radical (unpaired) electrons. The molecule has 1 N–H and O–H groups in total. The SMILES string of the molecule is CC(C)N1CCCN(O)CC1. The first-order valence-electron chi connectivity index (χ1n) is 4.38. The highest BCUT2D eigenvalue weighted by Gasteiger charge is 2.14. The predicted molar refractivity (Wildman–Crippen MR) is 44.7 cm³/mol. The lowest BCUT2D eigenvalue weighted by Crippen LogP contribution is -2.34. The van der Waals surface area contributed by atoms with E-state index >= 15 is 0 Å². The second-order valence-electron chi connectivity index (χ2n) is 3.44. The van der Waals surface area contributed by atoms with Crippen molar-refractivity contribution in [1.82, 2.24) is 9.96 Å². The van der Waals surface area contributed by atoms with Crippen molar-refractivity contribution in [2.75, 3.05) is 26.2 Å². The number of nitrogens with zero attached hydrogens (tertiary/aromatic N) is 2. The van der Waals surface area contributed by atoms with Gasteiger partial charge in [0.2, 0.25) is 0 Å². The fourth-order valence-electron chi connectivity index (χ4n) is 1.44. The fraction of sp³-hybridized carbons (Fsp3) is 1.00. The third-order valence-corrected chi connectivity index (χ3v) is 2.24. The third-order valence-electron chi connectivity index (χ3n) is 2.24. The Bertz CT molecular complexity index is 117. The Morgan fingerprint density at radius 3 is 2.45 bits per heavy atom. The van der Waals surface area contributed by atoms with Crippen LogP contribution < -0.4 is 0 Å². The van der Waals surface area contributed by atoms with Gasteiger partial charge in [0, 0.05) is 25.7 Å². The molecule has 1 aliphatic heterocycles. The average Bonchev–Trinajstić information content (AvgIpc) is 2.13. The number of hydroxylamine groups is 2. The molecule has 1 saturated heterocycles. The lowest BCUT2D eigenvalue weighted by atomic mass is 10.3. The van der Waals surface area contributed by atoms with E-state index in [9.17, 15) is 5.21 Å². The van der Waals surface area contributed by atoms with Crippen molar-refractivity contribution < 1.29 is 5.21 Å². The van der Waals surface area contributed by atoms with Crippen molar-refractivity contribution in [1.29, 1.82) is 0 Å². The average molecular weight is 158 g/mol. The van der Waals surface area contributed by atoms with Gasteiger partial charge in [0.25, 0.3) is 0 Å². The largest absolute Gasteiger partial charge is 0.314 e. The van der Waals surface area contributed by atoms with Crippen LogP contribution in [0.4, 0.5) is 0 Å². The van der Waals surface area contributed by atoms with Gasteiger partial charge < -0.3 is 5.21 Å². The second-order valence-corrected chi connectivity index (χ2v) is 3.44. The fourth-order valence-corrected chi connectivity index (χ4v) is 1.44. The first kappa shape index (κ1) is 8.97. The Morgan fingerprint density at radius 1 is 1.09 bits per heavy atom. The van der Waals surface area contributed by atoms with Gasteiger partial charge in [-0.1, -0.05) is 0 Å². The molecular formula is C8H18N2O. The molecule has 0 unspecified atom stereocenters. The summed E-state index contributed by atoms with van der Waals surface area (Å²) in [6.07, 6.45) is 1.08. The molecule has 0 spiro atoms. The van der Waals surface area contributed by atoms with Crippen molar-refractivity contribution in [3.8, 4) is 0 Å². The van der Waals surface area contributed by atoms with Crippen molar-refractivity contribution >= 4 is 0 Å². The molecular weight excluding hydrogens is 140 g/mol. The van der Waals surface area contributed by atoms with Crippen LogP contribution >= 0.6 is 0 Å². The molecule has 0 bridgehead atoms. The summed E-state index contributed by atoms with van der Waals surface area (Å²) < 4.78 is 0. The molecule has 0 aromatic heterocycles. The Hall–Kier alpha value is -0.120. The first-order valence-corrected chi connectivity index (χ1v) is 4.38. The molecule has 1 fully saturated rings. The van der Waals surface area contributed by atoms with E-state index in [1.54, 1.807) is 0 Å². The Morgan fingerprint density at radius 2 is 1.82 bits per heavy atom. The molecule has 11 heavy (non-hydrogen) atoms. The molecule has 1 aliphatic rings. The second kappa shape index (κ2) is 4.04. The van der Waals surface area contributed by atoms with Crippen LogP contribution in [-0.4, -0.2) is 47.4 Å². The molecule has 66 valence electrons. The van der Waals surface area contributed by atoms with E-state index in [4.69, 9.17) is 0 Å². The zero-order chi connectivity index (χ0) is 8.27. The smallest absolute Gasteiger partial charge is 0.0366 e. The molecule has 3 nitrogen and oxygen atoms in total. The van der Waals surface area contributed by atoms with Gasteiger partial charge in [-0.15, -0.1) is 0 Å². The van der Waals surface area contributed by atoms with Gasteiger partial charge >= 0.3 is 0 Å². The van der Waals surface area contributed by atoms with Gasteiger partial charge in [0.05, 0.1) is 0 Å². The molecule has 0 aromatic carbocycles. The van der Waals surface area contributed by atoms with Gasteiger partial charge in [0.1, 0.15) is 0 Å². The van der Waals surface area contributed by atoms with Crippen molar-refractivity contribution in [2.24, 2.45) is 0 Å². The Labute approximate surface area is 68.6 Å². The van der Waals surface area contributed by atoms with Crippen LogP contribution in [-0.2, 0) is 0 Å². The maximum absolute atomic E-state index is 9.20. The summed E-state index contributed by atoms with van der Waals surface area (Å²) in [5, 5.41) is 10.6. The predicted octanol–water partition coefficient (Wildman–Crippen LogP) is 0.792. The van der Waals surface area contributed by atoms with E-state index in [2.05, 4.69) is 18.7 Å². The van der Waals surface area contributed by atoms with Crippen LogP contribution in [0.25, 0.3) is 0 Å². The molecule has 0 atom stereocenters. The van der Waals surface area contributed by atoms with Crippen LogP contribution in [0, 0.1) is 0 Å².